The highest BCUT2D eigenvalue weighted by Gasteiger charge is 2.35. The van der Waals surface area contributed by atoms with Crippen LogP contribution in [-0.4, -0.2) is 16.7 Å². The first-order chi connectivity index (χ1) is 12.2. The van der Waals surface area contributed by atoms with E-state index in [1.165, 1.54) is 4.90 Å². The number of fused-ring (bicyclic) bond motifs is 1. The van der Waals surface area contributed by atoms with Crippen LogP contribution in [0, 0.1) is 0 Å². The fraction of sp³-hybridized carbons (Fsp3) is 0.0476. The minimum atomic E-state index is -0.289. The van der Waals surface area contributed by atoms with Gasteiger partial charge in [-0.05, 0) is 35.9 Å². The van der Waals surface area contributed by atoms with E-state index in [0.717, 1.165) is 5.56 Å². The Kier molecular flexibility index (Phi) is 3.78. The van der Waals surface area contributed by atoms with Crippen LogP contribution in [0.15, 0.2) is 78.9 Å². The molecule has 0 spiro atoms. The van der Waals surface area contributed by atoms with Gasteiger partial charge in [0, 0.05) is 0 Å². The van der Waals surface area contributed by atoms with Gasteiger partial charge in [0.2, 0.25) is 0 Å². The molecule has 4 nitrogen and oxygen atoms in total. The normalized spacial score (nSPS) is 13.0. The van der Waals surface area contributed by atoms with Crippen molar-refractivity contribution in [1.29, 1.82) is 0 Å². The molecule has 4 rings (SSSR count). The number of imide groups is 1. The largest absolute Gasteiger partial charge is 0.457 e. The van der Waals surface area contributed by atoms with Gasteiger partial charge < -0.3 is 4.74 Å². The molecule has 0 saturated carbocycles. The van der Waals surface area contributed by atoms with Gasteiger partial charge in [0.05, 0.1) is 17.7 Å². The molecular weight excluding hydrogens is 314 g/mol. The summed E-state index contributed by atoms with van der Waals surface area (Å²) in [6, 6.07) is 23.8. The number of carbonyl (C=O) groups excluding carboxylic acids is 2. The molecule has 1 aliphatic heterocycles. The van der Waals surface area contributed by atoms with Gasteiger partial charge in [0.25, 0.3) is 11.8 Å². The van der Waals surface area contributed by atoms with Crippen LogP contribution in [0.25, 0.3) is 0 Å². The molecule has 25 heavy (non-hydrogen) atoms. The van der Waals surface area contributed by atoms with Crippen LogP contribution in [-0.2, 0) is 6.54 Å². The topological polar surface area (TPSA) is 46.6 Å². The molecule has 3 aromatic carbocycles. The molecule has 0 aromatic heterocycles. The zero-order valence-corrected chi connectivity index (χ0v) is 13.4. The van der Waals surface area contributed by atoms with Crippen molar-refractivity contribution in [1.82, 2.24) is 4.90 Å². The first kappa shape index (κ1) is 15.1. The summed E-state index contributed by atoms with van der Waals surface area (Å²) in [6.45, 7) is 0.266. The van der Waals surface area contributed by atoms with E-state index in [1.807, 2.05) is 60.7 Å². The highest BCUT2D eigenvalue weighted by molar-refractivity contribution is 6.21. The van der Waals surface area contributed by atoms with Crippen LogP contribution in [0.3, 0.4) is 0 Å². The zero-order chi connectivity index (χ0) is 17.2. The number of hydrogen-bond acceptors (Lipinski definition) is 3. The van der Waals surface area contributed by atoms with E-state index in [4.69, 9.17) is 4.74 Å². The Morgan fingerprint density at radius 2 is 1.32 bits per heavy atom. The second-order valence-electron chi connectivity index (χ2n) is 5.80. The summed E-state index contributed by atoms with van der Waals surface area (Å²) in [7, 11) is 0. The lowest BCUT2D eigenvalue weighted by molar-refractivity contribution is 0.0642. The SMILES string of the molecule is O=C1c2ccc(Oc3ccccc3)cc2C(=O)N1Cc1ccccc1. The van der Waals surface area contributed by atoms with Crippen LogP contribution in [0.1, 0.15) is 26.3 Å². The van der Waals surface area contributed by atoms with Crippen molar-refractivity contribution in [2.45, 2.75) is 6.54 Å². The van der Waals surface area contributed by atoms with Crippen LogP contribution in [0.4, 0.5) is 0 Å². The molecule has 0 saturated heterocycles. The van der Waals surface area contributed by atoms with Crippen LogP contribution in [0.5, 0.6) is 11.5 Å². The van der Waals surface area contributed by atoms with Gasteiger partial charge in [-0.15, -0.1) is 0 Å². The van der Waals surface area contributed by atoms with Gasteiger partial charge in [0.15, 0.2) is 0 Å². The number of hydrogen-bond donors (Lipinski definition) is 0. The Morgan fingerprint density at radius 3 is 2.04 bits per heavy atom. The van der Waals surface area contributed by atoms with E-state index in [-0.39, 0.29) is 18.4 Å². The average Bonchev–Trinajstić information content (AvgIpc) is 2.88. The molecule has 0 bridgehead atoms. The number of benzene rings is 3. The second kappa shape index (κ2) is 6.24. The average molecular weight is 329 g/mol. The first-order valence-electron chi connectivity index (χ1n) is 7.99. The highest BCUT2D eigenvalue weighted by atomic mass is 16.5. The molecular formula is C21H15NO3. The molecule has 122 valence electrons. The van der Waals surface area contributed by atoms with Crippen LogP contribution < -0.4 is 4.74 Å². The van der Waals surface area contributed by atoms with Crippen molar-refractivity contribution < 1.29 is 14.3 Å². The lowest BCUT2D eigenvalue weighted by atomic mass is 10.1. The number of carbonyl (C=O) groups is 2. The fourth-order valence-corrected chi connectivity index (χ4v) is 2.87. The third-order valence-corrected chi connectivity index (χ3v) is 4.10. The zero-order valence-electron chi connectivity index (χ0n) is 13.4. The molecule has 3 aromatic rings. The number of rotatable bonds is 4. The third kappa shape index (κ3) is 2.90. The Hall–Kier alpha value is -3.40. The quantitative estimate of drug-likeness (QED) is 0.671. The smallest absolute Gasteiger partial charge is 0.262 e. The molecule has 0 N–H and O–H groups in total. The second-order valence-corrected chi connectivity index (χ2v) is 5.80. The van der Waals surface area contributed by atoms with Gasteiger partial charge in [-0.1, -0.05) is 48.5 Å². The third-order valence-electron chi connectivity index (χ3n) is 4.10. The van der Waals surface area contributed by atoms with Gasteiger partial charge in [-0.25, -0.2) is 0 Å². The van der Waals surface area contributed by atoms with Gasteiger partial charge in [-0.3, -0.25) is 14.5 Å². The monoisotopic (exact) mass is 329 g/mol. The maximum absolute atomic E-state index is 12.7. The fourth-order valence-electron chi connectivity index (χ4n) is 2.87. The maximum Gasteiger partial charge on any atom is 0.262 e. The number of para-hydroxylation sites is 1. The summed E-state index contributed by atoms with van der Waals surface area (Å²) in [4.78, 5) is 26.5. The van der Waals surface area contributed by atoms with Crippen molar-refractivity contribution in [3.05, 3.63) is 95.6 Å². The van der Waals surface area contributed by atoms with Crippen molar-refractivity contribution in [2.24, 2.45) is 0 Å². The molecule has 0 unspecified atom stereocenters. The van der Waals surface area contributed by atoms with Crippen molar-refractivity contribution in [2.75, 3.05) is 0 Å². The van der Waals surface area contributed by atoms with E-state index in [0.29, 0.717) is 22.6 Å². The Bertz CT molecular complexity index is 936. The van der Waals surface area contributed by atoms with Gasteiger partial charge >= 0.3 is 0 Å². The summed E-state index contributed by atoms with van der Waals surface area (Å²) in [5.41, 5.74) is 1.72. The Morgan fingerprint density at radius 1 is 0.680 bits per heavy atom. The Labute approximate surface area is 145 Å². The van der Waals surface area contributed by atoms with Crippen LogP contribution in [0.2, 0.25) is 0 Å². The molecule has 0 atom stereocenters. The first-order valence-corrected chi connectivity index (χ1v) is 7.99. The Balaban J connectivity index is 1.60. The molecule has 4 heteroatoms. The molecule has 0 radical (unpaired) electrons. The van der Waals surface area contributed by atoms with E-state index in [1.54, 1.807) is 18.2 Å². The number of ether oxygens (including phenoxy) is 1. The molecule has 0 fully saturated rings. The van der Waals surface area contributed by atoms with Crippen molar-refractivity contribution >= 4 is 11.8 Å². The summed E-state index contributed by atoms with van der Waals surface area (Å²) < 4.78 is 5.76. The number of nitrogens with zero attached hydrogens (tertiary/aromatic N) is 1. The standard InChI is InChI=1S/C21H15NO3/c23-20-18-12-11-17(25-16-9-5-2-6-10-16)13-19(18)21(24)22(20)14-15-7-3-1-4-8-15/h1-13H,14H2. The summed E-state index contributed by atoms with van der Waals surface area (Å²) in [5, 5.41) is 0. The van der Waals surface area contributed by atoms with E-state index < -0.39 is 0 Å². The molecule has 1 aliphatic rings. The predicted molar refractivity (Wildman–Crippen MR) is 93.6 cm³/mol. The summed E-state index contributed by atoms with van der Waals surface area (Å²) in [6.07, 6.45) is 0. The van der Waals surface area contributed by atoms with Gasteiger partial charge in [-0.2, -0.15) is 0 Å². The lowest BCUT2D eigenvalue weighted by Crippen LogP contribution is -2.29. The lowest BCUT2D eigenvalue weighted by Gasteiger charge is -2.13. The van der Waals surface area contributed by atoms with E-state index >= 15 is 0 Å². The van der Waals surface area contributed by atoms with Crippen molar-refractivity contribution in [3.63, 3.8) is 0 Å². The van der Waals surface area contributed by atoms with Crippen LogP contribution >= 0.6 is 0 Å². The van der Waals surface area contributed by atoms with E-state index in [9.17, 15) is 9.59 Å². The molecule has 2 amide bonds. The molecule has 1 heterocycles. The maximum atomic E-state index is 12.7. The van der Waals surface area contributed by atoms with Gasteiger partial charge in [0.1, 0.15) is 11.5 Å². The predicted octanol–water partition coefficient (Wildman–Crippen LogP) is 4.28. The van der Waals surface area contributed by atoms with E-state index in [2.05, 4.69) is 0 Å². The minimum Gasteiger partial charge on any atom is -0.457 e. The number of amides is 2. The highest BCUT2D eigenvalue weighted by Crippen LogP contribution is 2.30. The summed E-state index contributed by atoms with van der Waals surface area (Å²) >= 11 is 0. The summed E-state index contributed by atoms with van der Waals surface area (Å²) in [5.74, 6) is 0.658. The molecule has 0 aliphatic carbocycles. The minimum absolute atomic E-state index is 0.266. The van der Waals surface area contributed by atoms with Crippen molar-refractivity contribution in [3.8, 4) is 11.5 Å².